The lowest BCUT2D eigenvalue weighted by Gasteiger charge is -2.22. The van der Waals surface area contributed by atoms with E-state index < -0.39 is 5.60 Å². The third kappa shape index (κ3) is 3.75. The van der Waals surface area contributed by atoms with Gasteiger partial charge in [0.2, 0.25) is 0 Å². The number of alkyl halides is 1. The number of benzene rings is 2. The monoisotopic (exact) mass is 354 g/mol. The van der Waals surface area contributed by atoms with Crippen LogP contribution in [-0.2, 0) is 5.60 Å². The van der Waals surface area contributed by atoms with Crippen LogP contribution < -0.4 is 4.74 Å². The molecule has 0 aliphatic carbocycles. The maximum Gasteiger partial charge on any atom is 0.141 e. The van der Waals surface area contributed by atoms with Gasteiger partial charge < -0.3 is 9.84 Å². The molecule has 1 atom stereocenters. The van der Waals surface area contributed by atoms with E-state index >= 15 is 0 Å². The van der Waals surface area contributed by atoms with Crippen LogP contribution in [-0.4, -0.2) is 11.0 Å². The van der Waals surface area contributed by atoms with Crippen LogP contribution in [0.4, 0.5) is 0 Å². The topological polar surface area (TPSA) is 29.5 Å². The zero-order chi connectivity index (χ0) is 14.6. The summed E-state index contributed by atoms with van der Waals surface area (Å²) in [6.07, 6.45) is 0.513. The minimum atomic E-state index is -0.909. The minimum absolute atomic E-state index is 0.419. The van der Waals surface area contributed by atoms with Gasteiger partial charge in [-0.3, -0.25) is 0 Å². The average molecular weight is 356 g/mol. The van der Waals surface area contributed by atoms with Crippen molar-refractivity contribution in [3.63, 3.8) is 0 Å². The number of rotatable bonds is 5. The molecule has 0 heterocycles. The van der Waals surface area contributed by atoms with Gasteiger partial charge in [-0.1, -0.05) is 24.3 Å². The van der Waals surface area contributed by atoms with Crippen LogP contribution in [0.3, 0.4) is 0 Å². The quantitative estimate of drug-likeness (QED) is 0.758. The van der Waals surface area contributed by atoms with Gasteiger partial charge in [-0.15, -0.1) is 11.6 Å². The lowest BCUT2D eigenvalue weighted by Crippen LogP contribution is -2.21. The largest absolute Gasteiger partial charge is 0.456 e. The van der Waals surface area contributed by atoms with Crippen molar-refractivity contribution in [2.75, 3.05) is 5.88 Å². The first-order valence-corrected chi connectivity index (χ1v) is 7.67. The van der Waals surface area contributed by atoms with Gasteiger partial charge in [0, 0.05) is 5.88 Å². The van der Waals surface area contributed by atoms with E-state index in [1.165, 1.54) is 0 Å². The number of aliphatic hydroxyl groups is 1. The molecule has 0 aromatic heterocycles. The van der Waals surface area contributed by atoms with E-state index in [4.69, 9.17) is 16.3 Å². The fourth-order valence-electron chi connectivity index (χ4n) is 1.86. The second-order valence-corrected chi connectivity index (χ2v) is 6.00. The Morgan fingerprint density at radius 3 is 2.40 bits per heavy atom. The molecule has 2 aromatic carbocycles. The Morgan fingerprint density at radius 2 is 1.80 bits per heavy atom. The SMILES string of the molecule is CC(O)(CCCl)c1ccc(Oc2ccccc2Br)cc1. The minimum Gasteiger partial charge on any atom is -0.456 e. The first-order chi connectivity index (χ1) is 9.53. The average Bonchev–Trinajstić information content (AvgIpc) is 2.42. The van der Waals surface area contributed by atoms with E-state index in [-0.39, 0.29) is 0 Å². The Morgan fingerprint density at radius 1 is 1.15 bits per heavy atom. The van der Waals surface area contributed by atoms with E-state index in [9.17, 15) is 5.11 Å². The number of ether oxygens (including phenoxy) is 1. The molecule has 2 aromatic rings. The molecule has 0 amide bonds. The molecule has 0 saturated carbocycles. The Balaban J connectivity index is 2.15. The maximum absolute atomic E-state index is 10.3. The van der Waals surface area contributed by atoms with Gasteiger partial charge in [0.05, 0.1) is 10.1 Å². The van der Waals surface area contributed by atoms with E-state index in [1.54, 1.807) is 6.92 Å². The van der Waals surface area contributed by atoms with Gasteiger partial charge >= 0.3 is 0 Å². The van der Waals surface area contributed by atoms with Crippen LogP contribution in [0, 0.1) is 0 Å². The zero-order valence-corrected chi connectivity index (χ0v) is 13.5. The molecule has 2 nitrogen and oxygen atoms in total. The number of para-hydroxylation sites is 1. The van der Waals surface area contributed by atoms with Crippen molar-refractivity contribution in [3.05, 3.63) is 58.6 Å². The highest BCUT2D eigenvalue weighted by atomic mass is 79.9. The highest BCUT2D eigenvalue weighted by molar-refractivity contribution is 9.10. The van der Waals surface area contributed by atoms with Gasteiger partial charge in [-0.25, -0.2) is 0 Å². The fraction of sp³-hybridized carbons (Fsp3) is 0.250. The van der Waals surface area contributed by atoms with E-state index in [2.05, 4.69) is 15.9 Å². The summed E-state index contributed by atoms with van der Waals surface area (Å²) < 4.78 is 6.68. The van der Waals surface area contributed by atoms with Gasteiger partial charge in [-0.2, -0.15) is 0 Å². The van der Waals surface area contributed by atoms with Crippen LogP contribution in [0.25, 0.3) is 0 Å². The highest BCUT2D eigenvalue weighted by Gasteiger charge is 2.22. The molecule has 1 N–H and O–H groups in total. The summed E-state index contributed by atoms with van der Waals surface area (Å²) in [7, 11) is 0. The molecule has 20 heavy (non-hydrogen) atoms. The molecule has 4 heteroatoms. The van der Waals surface area contributed by atoms with E-state index in [0.717, 1.165) is 21.5 Å². The zero-order valence-electron chi connectivity index (χ0n) is 11.1. The van der Waals surface area contributed by atoms with Crippen molar-refractivity contribution in [2.24, 2.45) is 0 Å². The molecule has 1 unspecified atom stereocenters. The van der Waals surface area contributed by atoms with Crippen molar-refractivity contribution >= 4 is 27.5 Å². The Labute approximate surface area is 132 Å². The Hall–Kier alpha value is -1.03. The summed E-state index contributed by atoms with van der Waals surface area (Å²) in [5.41, 5.74) is -0.0780. The molecule has 106 valence electrons. The summed E-state index contributed by atoms with van der Waals surface area (Å²) >= 11 is 9.14. The predicted octanol–water partition coefficient (Wildman–Crippen LogP) is 5.08. The van der Waals surface area contributed by atoms with Crippen molar-refractivity contribution < 1.29 is 9.84 Å². The number of halogens is 2. The first-order valence-electron chi connectivity index (χ1n) is 6.34. The highest BCUT2D eigenvalue weighted by Crippen LogP contribution is 2.31. The van der Waals surface area contributed by atoms with E-state index in [0.29, 0.717) is 12.3 Å². The Kier molecular flexibility index (Phi) is 5.08. The van der Waals surface area contributed by atoms with Crippen LogP contribution in [0.15, 0.2) is 53.0 Å². The molecular formula is C16H16BrClO2. The molecule has 0 fully saturated rings. The maximum atomic E-state index is 10.3. The second kappa shape index (κ2) is 6.61. The van der Waals surface area contributed by atoms with Crippen LogP contribution >= 0.6 is 27.5 Å². The van der Waals surface area contributed by atoms with E-state index in [1.807, 2.05) is 48.5 Å². The van der Waals surface area contributed by atoms with Crippen molar-refractivity contribution in [1.82, 2.24) is 0 Å². The Bertz CT molecular complexity index is 567. The summed E-state index contributed by atoms with van der Waals surface area (Å²) in [5, 5.41) is 10.3. The smallest absolute Gasteiger partial charge is 0.141 e. The molecule has 0 aliphatic heterocycles. The van der Waals surface area contributed by atoms with Crippen molar-refractivity contribution in [2.45, 2.75) is 18.9 Å². The molecular weight excluding hydrogens is 340 g/mol. The van der Waals surface area contributed by atoms with Gasteiger partial charge in [0.1, 0.15) is 11.5 Å². The molecule has 0 saturated heterocycles. The van der Waals surface area contributed by atoms with Crippen molar-refractivity contribution in [3.8, 4) is 11.5 Å². The second-order valence-electron chi connectivity index (χ2n) is 4.77. The summed E-state index contributed by atoms with van der Waals surface area (Å²) in [5.74, 6) is 1.90. The van der Waals surface area contributed by atoms with Crippen LogP contribution in [0.5, 0.6) is 11.5 Å². The molecule has 0 aliphatic rings. The standard InChI is InChI=1S/C16H16BrClO2/c1-16(19,10-11-18)12-6-8-13(9-7-12)20-15-5-3-2-4-14(15)17/h2-9,19H,10-11H2,1H3. The van der Waals surface area contributed by atoms with Gasteiger partial charge in [-0.05, 0) is 59.1 Å². The molecule has 0 radical (unpaired) electrons. The van der Waals surface area contributed by atoms with Gasteiger partial charge in [0.15, 0.2) is 0 Å². The number of hydrogen-bond donors (Lipinski definition) is 1. The third-order valence-corrected chi connectivity index (χ3v) is 3.97. The summed E-state index contributed by atoms with van der Waals surface area (Å²) in [6, 6.07) is 15.1. The van der Waals surface area contributed by atoms with Gasteiger partial charge in [0.25, 0.3) is 0 Å². The predicted molar refractivity (Wildman–Crippen MR) is 85.6 cm³/mol. The van der Waals surface area contributed by atoms with Crippen LogP contribution in [0.2, 0.25) is 0 Å². The molecule has 2 rings (SSSR count). The van der Waals surface area contributed by atoms with Crippen LogP contribution in [0.1, 0.15) is 18.9 Å². The third-order valence-electron chi connectivity index (χ3n) is 3.12. The summed E-state index contributed by atoms with van der Waals surface area (Å²) in [4.78, 5) is 0. The van der Waals surface area contributed by atoms with Crippen molar-refractivity contribution in [1.29, 1.82) is 0 Å². The molecule has 0 spiro atoms. The summed E-state index contributed by atoms with van der Waals surface area (Å²) in [6.45, 7) is 1.76. The number of hydrogen-bond acceptors (Lipinski definition) is 2. The molecule has 0 bridgehead atoms. The lowest BCUT2D eigenvalue weighted by molar-refractivity contribution is 0.0540. The normalized spacial score (nSPS) is 13.8. The fourth-order valence-corrected chi connectivity index (χ4v) is 2.60. The lowest BCUT2D eigenvalue weighted by atomic mass is 9.93. The first kappa shape index (κ1) is 15.4.